The lowest BCUT2D eigenvalue weighted by Gasteiger charge is -2.13. The Balaban J connectivity index is 2.50. The molecule has 1 aromatic heterocycles. The Bertz CT molecular complexity index is 1130. The Morgan fingerprint density at radius 3 is 2.39 bits per heavy atom. The lowest BCUT2D eigenvalue weighted by Crippen LogP contribution is -2.13. The quantitative estimate of drug-likeness (QED) is 0.636. The standard InChI is InChI=1S/C20H22N2O5S/c1-4-27-20(23)18-15(12-21)22(2)14-10-11-16(26-3)19(17(14)18)28(24,25)13-8-6-5-7-9-13/h5-11H,4,12,21H2,1-3H3. The first-order chi connectivity index (χ1) is 13.4. The van der Waals surface area contributed by atoms with Gasteiger partial charge in [0.2, 0.25) is 9.84 Å². The zero-order valence-electron chi connectivity index (χ0n) is 15.9. The summed E-state index contributed by atoms with van der Waals surface area (Å²) in [6, 6.07) is 11.3. The van der Waals surface area contributed by atoms with E-state index >= 15 is 0 Å². The number of nitrogens with two attached hydrogens (primary N) is 1. The molecule has 0 spiro atoms. The molecule has 8 heteroatoms. The van der Waals surface area contributed by atoms with Crippen LogP contribution in [0.15, 0.2) is 52.3 Å². The van der Waals surface area contributed by atoms with Gasteiger partial charge in [-0.3, -0.25) is 0 Å². The number of carbonyl (C=O) groups is 1. The molecule has 0 atom stereocenters. The van der Waals surface area contributed by atoms with Crippen molar-refractivity contribution in [2.45, 2.75) is 23.3 Å². The lowest BCUT2D eigenvalue weighted by atomic mass is 10.1. The molecule has 0 saturated carbocycles. The Hall–Kier alpha value is -2.84. The van der Waals surface area contributed by atoms with E-state index < -0.39 is 15.8 Å². The average molecular weight is 402 g/mol. The normalized spacial score (nSPS) is 11.6. The van der Waals surface area contributed by atoms with Crippen molar-refractivity contribution in [1.29, 1.82) is 0 Å². The molecule has 0 bridgehead atoms. The van der Waals surface area contributed by atoms with Gasteiger partial charge < -0.3 is 19.8 Å². The van der Waals surface area contributed by atoms with Gasteiger partial charge in [-0.25, -0.2) is 13.2 Å². The second kappa shape index (κ2) is 7.65. The molecule has 148 valence electrons. The van der Waals surface area contributed by atoms with Crippen LogP contribution < -0.4 is 10.5 Å². The van der Waals surface area contributed by atoms with E-state index in [4.69, 9.17) is 15.2 Å². The first-order valence-electron chi connectivity index (χ1n) is 8.74. The second-order valence-corrected chi connectivity index (χ2v) is 8.00. The molecule has 0 aliphatic carbocycles. The summed E-state index contributed by atoms with van der Waals surface area (Å²) < 4.78 is 39.3. The van der Waals surface area contributed by atoms with Crippen molar-refractivity contribution >= 4 is 26.7 Å². The monoisotopic (exact) mass is 402 g/mol. The third kappa shape index (κ3) is 3.04. The molecular weight excluding hydrogens is 380 g/mol. The topological polar surface area (TPSA) is 101 Å². The van der Waals surface area contributed by atoms with Crippen LogP contribution in [0.2, 0.25) is 0 Å². The summed E-state index contributed by atoms with van der Waals surface area (Å²) in [5.74, 6) is -0.470. The number of aryl methyl sites for hydroxylation is 1. The van der Waals surface area contributed by atoms with E-state index in [-0.39, 0.29) is 39.6 Å². The fraction of sp³-hybridized carbons (Fsp3) is 0.250. The number of sulfone groups is 1. The summed E-state index contributed by atoms with van der Waals surface area (Å²) >= 11 is 0. The van der Waals surface area contributed by atoms with E-state index in [0.29, 0.717) is 11.2 Å². The molecule has 0 fully saturated rings. The van der Waals surface area contributed by atoms with Gasteiger partial charge in [-0.2, -0.15) is 0 Å². The molecule has 0 aliphatic heterocycles. The van der Waals surface area contributed by atoms with Gasteiger partial charge in [0.15, 0.2) is 0 Å². The number of aromatic nitrogens is 1. The van der Waals surface area contributed by atoms with Crippen LogP contribution in [0.5, 0.6) is 5.75 Å². The number of hydrogen-bond acceptors (Lipinski definition) is 6. The third-order valence-corrected chi connectivity index (χ3v) is 6.45. The summed E-state index contributed by atoms with van der Waals surface area (Å²) in [5.41, 5.74) is 7.08. The molecule has 0 amide bonds. The van der Waals surface area contributed by atoms with Crippen molar-refractivity contribution < 1.29 is 22.7 Å². The highest BCUT2D eigenvalue weighted by atomic mass is 32.2. The van der Waals surface area contributed by atoms with Crippen molar-refractivity contribution in [1.82, 2.24) is 4.57 Å². The van der Waals surface area contributed by atoms with Gasteiger partial charge in [0.1, 0.15) is 10.6 Å². The molecular formula is C20H22N2O5S. The van der Waals surface area contributed by atoms with Gasteiger partial charge in [0.25, 0.3) is 0 Å². The number of hydrogen-bond donors (Lipinski definition) is 1. The highest BCUT2D eigenvalue weighted by Gasteiger charge is 2.32. The van der Waals surface area contributed by atoms with E-state index in [0.717, 1.165) is 0 Å². The van der Waals surface area contributed by atoms with Crippen LogP contribution in [0, 0.1) is 0 Å². The van der Waals surface area contributed by atoms with Gasteiger partial charge in [0, 0.05) is 24.7 Å². The van der Waals surface area contributed by atoms with Crippen molar-refractivity contribution in [2.24, 2.45) is 12.8 Å². The number of benzene rings is 2. The number of esters is 1. The van der Waals surface area contributed by atoms with Crippen molar-refractivity contribution in [2.75, 3.05) is 13.7 Å². The highest BCUT2D eigenvalue weighted by molar-refractivity contribution is 7.91. The summed E-state index contributed by atoms with van der Waals surface area (Å²) in [6.45, 7) is 1.89. The maximum absolute atomic E-state index is 13.5. The Kier molecular flexibility index (Phi) is 5.44. The van der Waals surface area contributed by atoms with Crippen LogP contribution >= 0.6 is 0 Å². The predicted molar refractivity (Wildman–Crippen MR) is 105 cm³/mol. The molecule has 3 aromatic rings. The molecule has 0 aliphatic rings. The minimum atomic E-state index is -3.98. The molecule has 7 nitrogen and oxygen atoms in total. The fourth-order valence-electron chi connectivity index (χ4n) is 3.34. The lowest BCUT2D eigenvalue weighted by molar-refractivity contribution is 0.0527. The van der Waals surface area contributed by atoms with Gasteiger partial charge in [-0.15, -0.1) is 0 Å². The van der Waals surface area contributed by atoms with Crippen molar-refractivity contribution in [3.8, 4) is 5.75 Å². The molecule has 0 unspecified atom stereocenters. The molecule has 0 radical (unpaired) electrons. The van der Waals surface area contributed by atoms with E-state index in [2.05, 4.69) is 0 Å². The maximum Gasteiger partial charge on any atom is 0.340 e. The van der Waals surface area contributed by atoms with Gasteiger partial charge in [-0.1, -0.05) is 18.2 Å². The number of fused-ring (bicyclic) bond motifs is 1. The number of nitrogens with zero attached hydrogens (tertiary/aromatic N) is 1. The Labute approximate surface area is 163 Å². The fourth-order valence-corrected chi connectivity index (χ4v) is 4.98. The minimum Gasteiger partial charge on any atom is -0.495 e. The molecule has 28 heavy (non-hydrogen) atoms. The second-order valence-electron chi connectivity index (χ2n) is 6.11. The van der Waals surface area contributed by atoms with Gasteiger partial charge >= 0.3 is 5.97 Å². The third-order valence-electron chi connectivity index (χ3n) is 4.62. The van der Waals surface area contributed by atoms with Crippen LogP contribution in [-0.4, -0.2) is 32.7 Å². The molecule has 1 heterocycles. The largest absolute Gasteiger partial charge is 0.495 e. The van der Waals surface area contributed by atoms with E-state index in [9.17, 15) is 13.2 Å². The van der Waals surface area contributed by atoms with Crippen LogP contribution in [0.3, 0.4) is 0 Å². The number of rotatable bonds is 6. The molecule has 3 rings (SSSR count). The molecule has 0 saturated heterocycles. The van der Waals surface area contributed by atoms with Crippen LogP contribution in [0.1, 0.15) is 23.0 Å². The average Bonchev–Trinajstić information content (AvgIpc) is 2.99. The molecule has 2 N–H and O–H groups in total. The first kappa shape index (κ1) is 19.9. The number of methoxy groups -OCH3 is 1. The van der Waals surface area contributed by atoms with Crippen LogP contribution in [0.4, 0.5) is 0 Å². The Morgan fingerprint density at radius 1 is 1.14 bits per heavy atom. The van der Waals surface area contributed by atoms with E-state index in [1.807, 2.05) is 0 Å². The van der Waals surface area contributed by atoms with E-state index in [1.165, 1.54) is 19.2 Å². The number of carbonyl (C=O) groups excluding carboxylic acids is 1. The van der Waals surface area contributed by atoms with E-state index in [1.54, 1.807) is 48.9 Å². The van der Waals surface area contributed by atoms with Crippen LogP contribution in [0.25, 0.3) is 10.9 Å². The van der Waals surface area contributed by atoms with Gasteiger partial charge in [-0.05, 0) is 31.2 Å². The summed E-state index contributed by atoms with van der Waals surface area (Å²) in [7, 11) is -0.852. The highest BCUT2D eigenvalue weighted by Crippen LogP contribution is 2.40. The van der Waals surface area contributed by atoms with Gasteiger partial charge in [0.05, 0.1) is 29.7 Å². The zero-order chi connectivity index (χ0) is 20.5. The Morgan fingerprint density at radius 2 is 1.82 bits per heavy atom. The smallest absolute Gasteiger partial charge is 0.340 e. The number of ether oxygens (including phenoxy) is 2. The predicted octanol–water partition coefficient (Wildman–Crippen LogP) is 2.66. The van der Waals surface area contributed by atoms with Crippen molar-refractivity contribution in [3.05, 3.63) is 53.7 Å². The van der Waals surface area contributed by atoms with Crippen molar-refractivity contribution in [3.63, 3.8) is 0 Å². The maximum atomic E-state index is 13.5. The zero-order valence-corrected chi connectivity index (χ0v) is 16.7. The summed E-state index contributed by atoms with van der Waals surface area (Å²) in [5, 5.41) is 0.254. The van der Waals surface area contributed by atoms with Crippen LogP contribution in [-0.2, 0) is 28.2 Å². The minimum absolute atomic E-state index is 0.0481. The SMILES string of the molecule is CCOC(=O)c1c(CN)n(C)c2ccc(OC)c(S(=O)(=O)c3ccccc3)c12. The summed E-state index contributed by atoms with van der Waals surface area (Å²) in [6.07, 6.45) is 0. The first-order valence-corrected chi connectivity index (χ1v) is 10.2. The molecule has 2 aromatic carbocycles. The summed E-state index contributed by atoms with van der Waals surface area (Å²) in [4.78, 5) is 12.8.